The van der Waals surface area contributed by atoms with E-state index in [-0.39, 0.29) is 41.3 Å². The molecule has 0 saturated heterocycles. The van der Waals surface area contributed by atoms with E-state index < -0.39 is 48.5 Å². The fraction of sp³-hybridized carbons (Fsp3) is 0.500. The lowest BCUT2D eigenvalue weighted by Gasteiger charge is -2.37. The van der Waals surface area contributed by atoms with Crippen LogP contribution in [0.1, 0.15) is 81.5 Å². The molecule has 1 atom stereocenters. The van der Waals surface area contributed by atoms with Gasteiger partial charge in [0.25, 0.3) is 6.43 Å². The Morgan fingerprint density at radius 3 is 1.70 bits per heavy atom. The van der Waals surface area contributed by atoms with Crippen molar-refractivity contribution in [3.8, 4) is 11.3 Å². The number of aryl methyl sites for hydroxylation is 1. The van der Waals surface area contributed by atoms with Crippen molar-refractivity contribution in [3.63, 3.8) is 0 Å². The van der Waals surface area contributed by atoms with Crippen LogP contribution in [0.4, 0.5) is 59.9 Å². The van der Waals surface area contributed by atoms with Gasteiger partial charge in [0.15, 0.2) is 0 Å². The monoisotopic (exact) mass is 921 g/mol. The molecule has 14 nitrogen and oxygen atoms in total. The summed E-state index contributed by atoms with van der Waals surface area (Å²) in [6.07, 6.45) is -8.60. The van der Waals surface area contributed by atoms with Crippen molar-refractivity contribution in [3.05, 3.63) is 65.6 Å². The first-order chi connectivity index (χ1) is 28.9. The topological polar surface area (TPSA) is 235 Å². The Labute approximate surface area is 350 Å². The third-order valence-corrected chi connectivity index (χ3v) is 9.42. The second kappa shape index (κ2) is 22.6. The number of hydrogen-bond acceptors (Lipinski definition) is 11. The maximum Gasteiger partial charge on any atom is 0.490 e. The number of ether oxygens (including phenoxy) is 1. The van der Waals surface area contributed by atoms with Gasteiger partial charge < -0.3 is 36.2 Å². The van der Waals surface area contributed by atoms with Crippen molar-refractivity contribution in [2.45, 2.75) is 108 Å². The van der Waals surface area contributed by atoms with Crippen LogP contribution in [0.5, 0.6) is 0 Å². The molecular formula is C38H42F11N5O9. The summed E-state index contributed by atoms with van der Waals surface area (Å²) in [6.45, 7) is 3.71. The predicted octanol–water partition coefficient (Wildman–Crippen LogP) is 8.26. The Balaban J connectivity index is 0.000000536. The zero-order valence-corrected chi connectivity index (χ0v) is 33.1. The number of carbonyl (C=O) groups excluding carboxylic acids is 1. The molecule has 0 amide bonds. The zero-order valence-electron chi connectivity index (χ0n) is 33.1. The van der Waals surface area contributed by atoms with E-state index in [9.17, 15) is 58.2 Å². The lowest BCUT2D eigenvalue weighted by Crippen LogP contribution is -2.38. The van der Waals surface area contributed by atoms with E-state index in [2.05, 4.69) is 20.3 Å². The number of nitrogens with two attached hydrogens (primary N) is 1. The highest BCUT2D eigenvalue weighted by atomic mass is 19.4. The van der Waals surface area contributed by atoms with Gasteiger partial charge in [-0.2, -0.15) is 39.5 Å². The number of carboxylic acid groups (broad SMARTS) is 3. The van der Waals surface area contributed by atoms with Gasteiger partial charge in [-0.3, -0.25) is 9.78 Å². The average molecular weight is 922 g/mol. The minimum absolute atomic E-state index is 0.0241. The number of alkyl halides is 11. The van der Waals surface area contributed by atoms with Crippen LogP contribution in [0.2, 0.25) is 0 Å². The van der Waals surface area contributed by atoms with Crippen molar-refractivity contribution in [2.75, 3.05) is 5.32 Å². The van der Waals surface area contributed by atoms with Crippen LogP contribution in [-0.2, 0) is 29.5 Å². The second-order valence-corrected chi connectivity index (χ2v) is 14.3. The van der Waals surface area contributed by atoms with Gasteiger partial charge in [-0.25, -0.2) is 33.1 Å². The largest absolute Gasteiger partial charge is 0.490 e. The fourth-order valence-electron chi connectivity index (χ4n) is 6.07. The standard InChI is InChI=1S/C32H39F2N5O3.3C2HF3O2/c1-19-15-26(38-29(16-19)39-28-17-21(30(33)34)13-14-36-28)22-5-12-27(37-18-22)32(2,41)23-6-3-20(4-7-23)31(40)42-25-10-8-24(35)9-11-25;3*3-2(4,5)1(6)7/h5,12-18,20,23-25,30,41H,3-4,6-11,35H2,1-2H3,(H,36,38,39);3*(H,6,7)/t20?,23?,24?,25?,32-;;;/m1.../s1. The van der Waals surface area contributed by atoms with Crippen LogP contribution in [0.25, 0.3) is 11.3 Å². The van der Waals surface area contributed by atoms with E-state index in [1.54, 1.807) is 13.1 Å². The van der Waals surface area contributed by atoms with Gasteiger partial charge in [0.05, 0.1) is 17.3 Å². The van der Waals surface area contributed by atoms with Gasteiger partial charge >= 0.3 is 42.4 Å². The Bertz CT molecular complexity index is 1930. The maximum atomic E-state index is 13.1. The molecule has 2 aliphatic carbocycles. The summed E-state index contributed by atoms with van der Waals surface area (Å²) >= 11 is 0. The van der Waals surface area contributed by atoms with E-state index in [1.807, 2.05) is 31.2 Å². The van der Waals surface area contributed by atoms with Crippen LogP contribution in [-0.4, -0.2) is 89.9 Å². The van der Waals surface area contributed by atoms with Crippen LogP contribution in [0, 0.1) is 18.8 Å². The molecule has 0 aliphatic heterocycles. The summed E-state index contributed by atoms with van der Waals surface area (Å²) < 4.78 is 127. The summed E-state index contributed by atoms with van der Waals surface area (Å²) in [5, 5.41) is 35.9. The molecule has 25 heteroatoms. The molecule has 7 N–H and O–H groups in total. The number of hydrogen-bond donors (Lipinski definition) is 6. The minimum Gasteiger partial charge on any atom is -0.475 e. The third kappa shape index (κ3) is 17.9. The third-order valence-electron chi connectivity index (χ3n) is 9.42. The number of aliphatic carboxylic acids is 3. The van der Waals surface area contributed by atoms with Gasteiger partial charge in [-0.1, -0.05) is 0 Å². The molecule has 350 valence electrons. The van der Waals surface area contributed by atoms with Crippen molar-refractivity contribution >= 4 is 35.5 Å². The normalized spacial score (nSPS) is 19.9. The first-order valence-corrected chi connectivity index (χ1v) is 18.5. The number of nitrogens with one attached hydrogen (secondary N) is 1. The van der Waals surface area contributed by atoms with Crippen LogP contribution < -0.4 is 11.1 Å². The van der Waals surface area contributed by atoms with Crippen molar-refractivity contribution in [1.82, 2.24) is 15.0 Å². The summed E-state index contributed by atoms with van der Waals surface area (Å²) in [5.41, 5.74) is 7.59. The summed E-state index contributed by atoms with van der Waals surface area (Å²) in [4.78, 5) is 52.8. The smallest absolute Gasteiger partial charge is 0.475 e. The first-order valence-electron chi connectivity index (χ1n) is 18.5. The highest BCUT2D eigenvalue weighted by Gasteiger charge is 2.41. The Morgan fingerprint density at radius 1 is 0.746 bits per heavy atom. The number of halogens is 11. The van der Waals surface area contributed by atoms with Gasteiger partial charge in [-0.05, 0) is 113 Å². The van der Waals surface area contributed by atoms with Crippen molar-refractivity contribution in [2.24, 2.45) is 17.6 Å². The molecule has 0 spiro atoms. The molecule has 0 bridgehead atoms. The maximum absolute atomic E-state index is 13.1. The zero-order chi connectivity index (χ0) is 48.1. The van der Waals surface area contributed by atoms with E-state index in [0.717, 1.165) is 36.8 Å². The van der Waals surface area contributed by atoms with Crippen LogP contribution in [0.15, 0.2) is 48.8 Å². The number of rotatable bonds is 8. The average Bonchev–Trinajstić information content (AvgIpc) is 3.18. The number of carboxylic acids is 3. The molecule has 63 heavy (non-hydrogen) atoms. The quantitative estimate of drug-likeness (QED) is 0.0922. The van der Waals surface area contributed by atoms with Gasteiger partial charge in [-0.15, -0.1) is 0 Å². The minimum atomic E-state index is -5.08. The van der Waals surface area contributed by atoms with E-state index in [0.29, 0.717) is 42.9 Å². The number of anilines is 2. The van der Waals surface area contributed by atoms with Gasteiger partial charge in [0, 0.05) is 29.6 Å². The number of nitrogens with zero attached hydrogens (tertiary/aromatic N) is 3. The van der Waals surface area contributed by atoms with Gasteiger partial charge in [0.1, 0.15) is 23.3 Å². The first kappa shape index (κ1) is 53.4. The summed E-state index contributed by atoms with van der Waals surface area (Å²) in [6, 6.07) is 10.2. The molecule has 3 aromatic heterocycles. The van der Waals surface area contributed by atoms with E-state index in [4.69, 9.17) is 40.2 Å². The Morgan fingerprint density at radius 2 is 1.25 bits per heavy atom. The van der Waals surface area contributed by atoms with E-state index in [1.165, 1.54) is 18.3 Å². The summed E-state index contributed by atoms with van der Waals surface area (Å²) in [5.74, 6) is -7.80. The Kier molecular flexibility index (Phi) is 19.1. The molecule has 2 saturated carbocycles. The molecule has 3 aromatic rings. The lowest BCUT2D eigenvalue weighted by molar-refractivity contribution is -0.193. The van der Waals surface area contributed by atoms with E-state index >= 15 is 0 Å². The molecular weight excluding hydrogens is 879 g/mol. The highest BCUT2D eigenvalue weighted by molar-refractivity contribution is 5.74. The summed E-state index contributed by atoms with van der Waals surface area (Å²) in [7, 11) is 0. The van der Waals surface area contributed by atoms with Gasteiger partial charge in [0.2, 0.25) is 0 Å². The highest BCUT2D eigenvalue weighted by Crippen LogP contribution is 2.41. The molecule has 0 aromatic carbocycles. The SMILES string of the molecule is Cc1cc(Nc2cc(C(F)F)ccn2)nc(-c2ccc([C@](C)(O)C3CCC(C(=O)OC4CCC(N)CC4)CC3)nc2)c1.O=C(O)C(F)(F)F.O=C(O)C(F)(F)F.O=C(O)C(F)(F)F. The predicted molar refractivity (Wildman–Crippen MR) is 197 cm³/mol. The number of aliphatic hydroxyl groups is 1. The fourth-order valence-corrected chi connectivity index (χ4v) is 6.07. The number of pyridine rings is 3. The number of esters is 1. The van der Waals surface area contributed by atoms with Crippen LogP contribution in [0.3, 0.4) is 0 Å². The number of aromatic nitrogens is 3. The lowest BCUT2D eigenvalue weighted by atomic mass is 9.73. The molecule has 2 fully saturated rings. The molecule has 5 rings (SSSR count). The molecule has 3 heterocycles. The van der Waals surface area contributed by atoms with Crippen molar-refractivity contribution in [1.29, 1.82) is 0 Å². The second-order valence-electron chi connectivity index (χ2n) is 14.3. The van der Waals surface area contributed by atoms with Crippen molar-refractivity contribution < 1.29 is 92.6 Å². The molecule has 0 unspecified atom stereocenters. The molecule has 2 aliphatic rings. The number of carbonyl (C=O) groups is 4. The van der Waals surface area contributed by atoms with Crippen LogP contribution >= 0.6 is 0 Å². The Hall–Kier alpha value is -5.72. The molecule has 0 radical (unpaired) electrons.